The molecule has 0 saturated heterocycles. The van der Waals surface area contributed by atoms with Crippen molar-refractivity contribution in [3.8, 4) is 5.75 Å². The molecule has 1 aromatic carbocycles. The first kappa shape index (κ1) is 14.9. The van der Waals surface area contributed by atoms with Crippen LogP contribution in [-0.2, 0) is 4.79 Å². The van der Waals surface area contributed by atoms with Crippen molar-refractivity contribution in [1.29, 1.82) is 0 Å². The molecule has 0 saturated carbocycles. The quantitative estimate of drug-likeness (QED) is 0.779. The first-order valence-electron chi connectivity index (χ1n) is 6.51. The van der Waals surface area contributed by atoms with Crippen molar-refractivity contribution in [1.82, 2.24) is 4.90 Å². The van der Waals surface area contributed by atoms with Gasteiger partial charge in [-0.3, -0.25) is 4.79 Å². The topological polar surface area (TPSA) is 32.8 Å². The predicted octanol–water partition coefficient (Wildman–Crippen LogP) is 2.60. The van der Waals surface area contributed by atoms with Gasteiger partial charge in [0.2, 0.25) is 0 Å². The number of likely N-dealkylation sites (N-methyl/N-ethyl adjacent to an activating group) is 1. The number of nitrogens with zero attached hydrogens (tertiary/aromatic N) is 2. The van der Waals surface area contributed by atoms with Gasteiger partial charge in [0.05, 0.1) is 17.8 Å². The van der Waals surface area contributed by atoms with Crippen molar-refractivity contribution in [2.45, 2.75) is 11.8 Å². The fourth-order valence-corrected chi connectivity index (χ4v) is 3.23. The standard InChI is InChI=1S/C15H20N2O2S/c1-11(18)9-15-17(8-7-16(2)3)13-6-5-12(19-4)10-14(13)20-15/h5-6,9-10H,7-8H2,1-4H3/b15-9-. The first-order valence-corrected chi connectivity index (χ1v) is 7.33. The Hall–Kier alpha value is -1.46. The van der Waals surface area contributed by atoms with Crippen molar-refractivity contribution in [2.75, 3.05) is 39.2 Å². The number of allylic oxidation sites excluding steroid dienone is 1. The molecular weight excluding hydrogens is 272 g/mol. The van der Waals surface area contributed by atoms with Crippen LogP contribution in [0.25, 0.3) is 0 Å². The highest BCUT2D eigenvalue weighted by molar-refractivity contribution is 8.03. The van der Waals surface area contributed by atoms with E-state index in [0.29, 0.717) is 0 Å². The van der Waals surface area contributed by atoms with E-state index >= 15 is 0 Å². The SMILES string of the molecule is COc1ccc2c(c1)S/C(=C\C(C)=O)N2CCN(C)C. The summed E-state index contributed by atoms with van der Waals surface area (Å²) < 4.78 is 5.26. The summed E-state index contributed by atoms with van der Waals surface area (Å²) in [5.74, 6) is 0.912. The molecule has 1 aromatic rings. The molecule has 0 aromatic heterocycles. The summed E-state index contributed by atoms with van der Waals surface area (Å²) in [4.78, 5) is 16.9. The van der Waals surface area contributed by atoms with E-state index in [4.69, 9.17) is 4.74 Å². The molecular formula is C15H20N2O2S. The number of ketones is 1. The second kappa shape index (κ2) is 6.33. The number of hydrogen-bond acceptors (Lipinski definition) is 5. The van der Waals surface area contributed by atoms with Crippen LogP contribution in [0.2, 0.25) is 0 Å². The molecule has 1 heterocycles. The van der Waals surface area contributed by atoms with Crippen LogP contribution >= 0.6 is 11.8 Å². The Balaban J connectivity index is 2.31. The Morgan fingerprint density at radius 3 is 2.80 bits per heavy atom. The van der Waals surface area contributed by atoms with Gasteiger partial charge in [0.25, 0.3) is 0 Å². The Bertz CT molecular complexity index is 541. The van der Waals surface area contributed by atoms with E-state index < -0.39 is 0 Å². The van der Waals surface area contributed by atoms with E-state index in [1.165, 1.54) is 0 Å². The van der Waals surface area contributed by atoms with E-state index in [-0.39, 0.29) is 5.78 Å². The third-order valence-electron chi connectivity index (χ3n) is 3.04. The van der Waals surface area contributed by atoms with Crippen LogP contribution < -0.4 is 9.64 Å². The smallest absolute Gasteiger partial charge is 0.155 e. The van der Waals surface area contributed by atoms with E-state index in [1.54, 1.807) is 31.9 Å². The number of ether oxygens (including phenoxy) is 1. The molecule has 0 bridgehead atoms. The third-order valence-corrected chi connectivity index (χ3v) is 4.13. The van der Waals surface area contributed by atoms with Gasteiger partial charge in [-0.2, -0.15) is 0 Å². The number of hydrogen-bond donors (Lipinski definition) is 0. The Kier molecular flexibility index (Phi) is 4.73. The lowest BCUT2D eigenvalue weighted by atomic mass is 10.2. The monoisotopic (exact) mass is 292 g/mol. The number of fused-ring (bicyclic) bond motifs is 1. The predicted molar refractivity (Wildman–Crippen MR) is 83.5 cm³/mol. The normalized spacial score (nSPS) is 15.8. The largest absolute Gasteiger partial charge is 0.497 e. The van der Waals surface area contributed by atoms with Crippen molar-refractivity contribution < 1.29 is 9.53 Å². The second-order valence-corrected chi connectivity index (χ2v) is 6.05. The van der Waals surface area contributed by atoms with Gasteiger partial charge in [0.15, 0.2) is 5.78 Å². The summed E-state index contributed by atoms with van der Waals surface area (Å²) in [5, 5.41) is 0.989. The molecule has 0 unspecified atom stereocenters. The van der Waals surface area contributed by atoms with Gasteiger partial charge in [-0.1, -0.05) is 11.8 Å². The van der Waals surface area contributed by atoms with E-state index in [9.17, 15) is 4.79 Å². The van der Waals surface area contributed by atoms with Crippen molar-refractivity contribution in [3.05, 3.63) is 29.3 Å². The summed E-state index contributed by atoms with van der Waals surface area (Å²) >= 11 is 1.62. The van der Waals surface area contributed by atoms with E-state index in [1.807, 2.05) is 26.2 Å². The molecule has 0 N–H and O–H groups in total. The average molecular weight is 292 g/mol. The van der Waals surface area contributed by atoms with Gasteiger partial charge < -0.3 is 14.5 Å². The van der Waals surface area contributed by atoms with Crippen LogP contribution in [-0.4, -0.2) is 45.0 Å². The van der Waals surface area contributed by atoms with E-state index in [2.05, 4.69) is 15.9 Å². The zero-order chi connectivity index (χ0) is 14.7. The zero-order valence-corrected chi connectivity index (χ0v) is 13.2. The van der Waals surface area contributed by atoms with Gasteiger partial charge in [0, 0.05) is 24.1 Å². The molecule has 1 aliphatic heterocycles. The summed E-state index contributed by atoms with van der Waals surface area (Å²) in [5.41, 5.74) is 1.14. The van der Waals surface area contributed by atoms with Crippen LogP contribution in [0.1, 0.15) is 6.92 Å². The molecule has 0 spiro atoms. The summed E-state index contributed by atoms with van der Waals surface area (Å²) in [6.45, 7) is 3.38. The summed E-state index contributed by atoms with van der Waals surface area (Å²) in [6.07, 6.45) is 1.70. The zero-order valence-electron chi connectivity index (χ0n) is 12.3. The van der Waals surface area contributed by atoms with Crippen molar-refractivity contribution in [2.24, 2.45) is 0 Å². The Morgan fingerprint density at radius 2 is 2.20 bits per heavy atom. The highest BCUT2D eigenvalue weighted by atomic mass is 32.2. The Labute approximate surface area is 124 Å². The lowest BCUT2D eigenvalue weighted by molar-refractivity contribution is -0.112. The molecule has 5 heteroatoms. The number of thioether (sulfide) groups is 1. The van der Waals surface area contributed by atoms with Gasteiger partial charge in [-0.05, 0) is 39.2 Å². The van der Waals surface area contributed by atoms with Crippen LogP contribution in [0.3, 0.4) is 0 Å². The molecule has 108 valence electrons. The Morgan fingerprint density at radius 1 is 1.45 bits per heavy atom. The van der Waals surface area contributed by atoms with Crippen LogP contribution in [0, 0.1) is 0 Å². The van der Waals surface area contributed by atoms with Crippen molar-refractivity contribution in [3.63, 3.8) is 0 Å². The maximum atomic E-state index is 11.4. The molecule has 0 amide bonds. The van der Waals surface area contributed by atoms with Gasteiger partial charge in [-0.25, -0.2) is 0 Å². The fraction of sp³-hybridized carbons (Fsp3) is 0.400. The van der Waals surface area contributed by atoms with E-state index in [0.717, 1.165) is 34.5 Å². The van der Waals surface area contributed by atoms with Gasteiger partial charge >= 0.3 is 0 Å². The lowest BCUT2D eigenvalue weighted by Gasteiger charge is -2.22. The van der Waals surface area contributed by atoms with Gasteiger partial charge in [-0.15, -0.1) is 0 Å². The molecule has 0 aliphatic carbocycles. The number of methoxy groups -OCH3 is 1. The molecule has 20 heavy (non-hydrogen) atoms. The number of rotatable bonds is 5. The number of carbonyl (C=O) groups is 1. The summed E-state index contributed by atoms with van der Waals surface area (Å²) in [6, 6.07) is 6.03. The lowest BCUT2D eigenvalue weighted by Crippen LogP contribution is -2.28. The second-order valence-electron chi connectivity index (χ2n) is 4.98. The maximum Gasteiger partial charge on any atom is 0.155 e. The van der Waals surface area contributed by atoms with Crippen LogP contribution in [0.15, 0.2) is 34.2 Å². The van der Waals surface area contributed by atoms with Crippen molar-refractivity contribution >= 4 is 23.2 Å². The van der Waals surface area contributed by atoms with Gasteiger partial charge in [0.1, 0.15) is 5.75 Å². The minimum Gasteiger partial charge on any atom is -0.497 e. The minimum atomic E-state index is 0.0714. The minimum absolute atomic E-state index is 0.0714. The highest BCUT2D eigenvalue weighted by Crippen LogP contribution is 2.47. The van der Waals surface area contributed by atoms with Crippen LogP contribution in [0.4, 0.5) is 5.69 Å². The third kappa shape index (κ3) is 3.35. The highest BCUT2D eigenvalue weighted by Gasteiger charge is 2.25. The maximum absolute atomic E-state index is 11.4. The number of anilines is 1. The molecule has 1 aliphatic rings. The molecule has 0 radical (unpaired) electrons. The molecule has 2 rings (SSSR count). The summed E-state index contributed by atoms with van der Waals surface area (Å²) in [7, 11) is 5.76. The molecule has 0 fully saturated rings. The number of carbonyl (C=O) groups excluding carboxylic acids is 1. The molecule has 0 atom stereocenters. The first-order chi connectivity index (χ1) is 9.51. The molecule has 4 nitrogen and oxygen atoms in total. The fourth-order valence-electron chi connectivity index (χ4n) is 2.02. The number of benzene rings is 1. The average Bonchev–Trinajstić information content (AvgIpc) is 2.71. The van der Waals surface area contributed by atoms with Crippen LogP contribution in [0.5, 0.6) is 5.75 Å².